The maximum absolute atomic E-state index is 10.1. The van der Waals surface area contributed by atoms with E-state index in [0.29, 0.717) is 17.6 Å². The topological polar surface area (TPSA) is 60.2 Å². The number of methoxy groups -OCH3 is 1. The normalized spacial score (nSPS) is 11.0. The average Bonchev–Trinajstić information content (AvgIpc) is 2.76. The number of pyridine rings is 1. The molecule has 0 amide bonds. The van der Waals surface area contributed by atoms with Gasteiger partial charge in [-0.3, -0.25) is 0 Å². The number of aromatic hydroxyl groups is 1. The molecule has 0 saturated carbocycles. The lowest BCUT2D eigenvalue weighted by molar-refractivity contribution is 0.414. The molecule has 0 atom stereocenters. The number of aryl methyl sites for hydroxylation is 2. The quantitative estimate of drug-likeness (QED) is 0.803. The van der Waals surface area contributed by atoms with Crippen molar-refractivity contribution < 1.29 is 9.84 Å². The lowest BCUT2D eigenvalue weighted by Gasteiger charge is -2.05. The maximum Gasteiger partial charge on any atom is 0.162 e. The summed E-state index contributed by atoms with van der Waals surface area (Å²) in [4.78, 5) is 4.50. The number of hydrogen-bond acceptors (Lipinski definition) is 4. The standard InChI is InChI=1S/C16H17N3O2/c1-10-8-14(20)15-11(2)18-19(16(15)17-10)9-12-4-6-13(21-3)7-5-12/h4-8H,9H2,1-3H3,(H,17,20). The van der Waals surface area contributed by atoms with Crippen LogP contribution >= 0.6 is 0 Å². The molecule has 0 radical (unpaired) electrons. The molecule has 0 spiro atoms. The molecule has 3 aromatic rings. The van der Waals surface area contributed by atoms with Crippen LogP contribution < -0.4 is 4.74 Å². The number of hydrogen-bond donors (Lipinski definition) is 1. The van der Waals surface area contributed by atoms with Crippen molar-refractivity contribution in [3.05, 3.63) is 47.3 Å². The molecule has 108 valence electrons. The Bertz CT molecular complexity index is 791. The van der Waals surface area contributed by atoms with Crippen LogP contribution in [-0.4, -0.2) is 27.0 Å². The highest BCUT2D eigenvalue weighted by atomic mass is 16.5. The van der Waals surface area contributed by atoms with Crippen LogP contribution in [0.4, 0.5) is 0 Å². The minimum atomic E-state index is 0.232. The number of fused-ring (bicyclic) bond motifs is 1. The number of nitrogens with zero attached hydrogens (tertiary/aromatic N) is 3. The van der Waals surface area contributed by atoms with E-state index in [1.54, 1.807) is 13.2 Å². The first kappa shape index (κ1) is 13.4. The second-order valence-corrected chi connectivity index (χ2v) is 5.07. The molecule has 0 saturated heterocycles. The molecule has 1 N–H and O–H groups in total. The predicted molar refractivity (Wildman–Crippen MR) is 80.8 cm³/mol. The van der Waals surface area contributed by atoms with Crippen LogP contribution in [-0.2, 0) is 6.54 Å². The Labute approximate surface area is 122 Å². The van der Waals surface area contributed by atoms with Crippen LogP contribution in [0.15, 0.2) is 30.3 Å². The van der Waals surface area contributed by atoms with Crippen LogP contribution in [0.2, 0.25) is 0 Å². The van der Waals surface area contributed by atoms with Crippen molar-refractivity contribution >= 4 is 11.0 Å². The molecular weight excluding hydrogens is 266 g/mol. The second kappa shape index (κ2) is 5.09. The lowest BCUT2D eigenvalue weighted by Crippen LogP contribution is -2.03. The summed E-state index contributed by atoms with van der Waals surface area (Å²) in [5.41, 5.74) is 3.36. The Morgan fingerprint density at radius 1 is 1.19 bits per heavy atom. The van der Waals surface area contributed by atoms with Crippen molar-refractivity contribution in [2.24, 2.45) is 0 Å². The van der Waals surface area contributed by atoms with Crippen molar-refractivity contribution in [1.29, 1.82) is 0 Å². The molecule has 1 aromatic carbocycles. The molecule has 2 aromatic heterocycles. The lowest BCUT2D eigenvalue weighted by atomic mass is 10.2. The van der Waals surface area contributed by atoms with E-state index in [4.69, 9.17) is 4.74 Å². The minimum Gasteiger partial charge on any atom is -0.507 e. The van der Waals surface area contributed by atoms with Gasteiger partial charge in [-0.2, -0.15) is 5.10 Å². The first-order chi connectivity index (χ1) is 10.1. The highest BCUT2D eigenvalue weighted by Gasteiger charge is 2.13. The van der Waals surface area contributed by atoms with Crippen molar-refractivity contribution in [2.45, 2.75) is 20.4 Å². The number of ether oxygens (including phenoxy) is 1. The molecule has 0 unspecified atom stereocenters. The van der Waals surface area contributed by atoms with Gasteiger partial charge in [0.2, 0.25) is 0 Å². The highest BCUT2D eigenvalue weighted by Crippen LogP contribution is 2.27. The van der Waals surface area contributed by atoms with E-state index < -0.39 is 0 Å². The summed E-state index contributed by atoms with van der Waals surface area (Å²) in [5, 5.41) is 15.3. The van der Waals surface area contributed by atoms with Gasteiger partial charge in [-0.15, -0.1) is 0 Å². The van der Waals surface area contributed by atoms with Gasteiger partial charge in [-0.05, 0) is 31.5 Å². The summed E-state index contributed by atoms with van der Waals surface area (Å²) >= 11 is 0. The molecule has 5 heteroatoms. The third-order valence-electron chi connectivity index (χ3n) is 3.48. The van der Waals surface area contributed by atoms with E-state index in [1.165, 1.54) is 0 Å². The molecule has 0 aliphatic heterocycles. The monoisotopic (exact) mass is 283 g/mol. The molecule has 0 bridgehead atoms. The van der Waals surface area contributed by atoms with Crippen molar-refractivity contribution in [1.82, 2.24) is 14.8 Å². The van der Waals surface area contributed by atoms with E-state index in [2.05, 4.69) is 10.1 Å². The third-order valence-corrected chi connectivity index (χ3v) is 3.48. The van der Waals surface area contributed by atoms with Crippen molar-refractivity contribution in [3.63, 3.8) is 0 Å². The van der Waals surface area contributed by atoms with Crippen molar-refractivity contribution in [2.75, 3.05) is 7.11 Å². The molecular formula is C16H17N3O2. The second-order valence-electron chi connectivity index (χ2n) is 5.07. The molecule has 5 nitrogen and oxygen atoms in total. The molecule has 21 heavy (non-hydrogen) atoms. The maximum atomic E-state index is 10.1. The first-order valence-electron chi connectivity index (χ1n) is 6.75. The Morgan fingerprint density at radius 3 is 2.57 bits per heavy atom. The van der Waals surface area contributed by atoms with E-state index in [9.17, 15) is 5.11 Å². The van der Waals surface area contributed by atoms with Gasteiger partial charge in [0.1, 0.15) is 11.5 Å². The zero-order chi connectivity index (χ0) is 15.0. The van der Waals surface area contributed by atoms with E-state index in [0.717, 1.165) is 22.7 Å². The van der Waals surface area contributed by atoms with Crippen LogP contribution in [0.3, 0.4) is 0 Å². The number of aromatic nitrogens is 3. The fraction of sp³-hybridized carbons (Fsp3) is 0.250. The summed E-state index contributed by atoms with van der Waals surface area (Å²) in [7, 11) is 1.65. The molecule has 0 fully saturated rings. The summed E-state index contributed by atoms with van der Waals surface area (Å²) in [5.74, 6) is 1.06. The predicted octanol–water partition coefficient (Wildman–Crippen LogP) is 2.81. The van der Waals surface area contributed by atoms with Gasteiger partial charge < -0.3 is 9.84 Å². The van der Waals surface area contributed by atoms with Gasteiger partial charge in [0.25, 0.3) is 0 Å². The SMILES string of the molecule is COc1ccc(Cn2nc(C)c3c(O)cc(C)nc32)cc1. The van der Waals surface area contributed by atoms with Crippen LogP contribution in [0.5, 0.6) is 11.5 Å². The molecule has 2 heterocycles. The van der Waals surface area contributed by atoms with Gasteiger partial charge in [0.15, 0.2) is 5.65 Å². The minimum absolute atomic E-state index is 0.232. The Morgan fingerprint density at radius 2 is 1.90 bits per heavy atom. The van der Waals surface area contributed by atoms with Crippen LogP contribution in [0.1, 0.15) is 17.0 Å². The van der Waals surface area contributed by atoms with Gasteiger partial charge in [-0.25, -0.2) is 9.67 Å². The summed E-state index contributed by atoms with van der Waals surface area (Å²) in [6.07, 6.45) is 0. The molecule has 0 aliphatic carbocycles. The van der Waals surface area contributed by atoms with Gasteiger partial charge in [-0.1, -0.05) is 12.1 Å². The fourth-order valence-electron chi connectivity index (χ4n) is 2.47. The summed E-state index contributed by atoms with van der Waals surface area (Å²) in [6.45, 7) is 4.34. The largest absolute Gasteiger partial charge is 0.507 e. The Balaban J connectivity index is 2.04. The first-order valence-corrected chi connectivity index (χ1v) is 6.75. The smallest absolute Gasteiger partial charge is 0.162 e. The molecule has 0 aliphatic rings. The van der Waals surface area contributed by atoms with E-state index >= 15 is 0 Å². The summed E-state index contributed by atoms with van der Waals surface area (Å²) in [6, 6.07) is 9.50. The zero-order valence-corrected chi connectivity index (χ0v) is 12.3. The average molecular weight is 283 g/mol. The van der Waals surface area contributed by atoms with Gasteiger partial charge >= 0.3 is 0 Å². The molecule has 3 rings (SSSR count). The Hall–Kier alpha value is -2.56. The van der Waals surface area contributed by atoms with Crippen molar-refractivity contribution in [3.8, 4) is 11.5 Å². The van der Waals surface area contributed by atoms with Gasteiger partial charge in [0, 0.05) is 11.8 Å². The summed E-state index contributed by atoms with van der Waals surface area (Å²) < 4.78 is 6.98. The van der Waals surface area contributed by atoms with Crippen LogP contribution in [0, 0.1) is 13.8 Å². The number of benzene rings is 1. The Kier molecular flexibility index (Phi) is 3.25. The number of rotatable bonds is 3. The fourth-order valence-corrected chi connectivity index (χ4v) is 2.47. The van der Waals surface area contributed by atoms with Gasteiger partial charge in [0.05, 0.1) is 24.7 Å². The van der Waals surface area contributed by atoms with Crippen LogP contribution in [0.25, 0.3) is 11.0 Å². The zero-order valence-electron chi connectivity index (χ0n) is 12.3. The van der Waals surface area contributed by atoms with E-state index in [-0.39, 0.29) is 5.75 Å². The van der Waals surface area contributed by atoms with E-state index in [1.807, 2.05) is 42.8 Å². The highest BCUT2D eigenvalue weighted by molar-refractivity contribution is 5.85. The third kappa shape index (κ3) is 2.42.